The third-order valence-electron chi connectivity index (χ3n) is 4.67. The van der Waals surface area contributed by atoms with Crippen molar-refractivity contribution in [2.45, 2.75) is 44.4 Å². The summed E-state index contributed by atoms with van der Waals surface area (Å²) in [6.45, 7) is 3.19. The van der Waals surface area contributed by atoms with Crippen molar-refractivity contribution in [1.82, 2.24) is 19.8 Å². The molecule has 1 atom stereocenters. The van der Waals surface area contributed by atoms with Gasteiger partial charge in [0.2, 0.25) is 11.8 Å². The second-order valence-electron chi connectivity index (χ2n) is 6.24. The Labute approximate surface area is 130 Å². The number of carbonyl (C=O) groups is 2. The SMILES string of the molecule is O=C1CCCN1CCCC(=O)N1CCC[C@H](c2ncc[nH]2)C1. The zero-order valence-electron chi connectivity index (χ0n) is 13.0. The first-order valence-corrected chi connectivity index (χ1v) is 8.29. The molecule has 0 unspecified atom stereocenters. The minimum Gasteiger partial charge on any atom is -0.348 e. The van der Waals surface area contributed by atoms with E-state index < -0.39 is 0 Å². The van der Waals surface area contributed by atoms with Crippen LogP contribution in [0.3, 0.4) is 0 Å². The van der Waals surface area contributed by atoms with Gasteiger partial charge in [-0.15, -0.1) is 0 Å². The van der Waals surface area contributed by atoms with Gasteiger partial charge >= 0.3 is 0 Å². The Hall–Kier alpha value is -1.85. The summed E-state index contributed by atoms with van der Waals surface area (Å²) >= 11 is 0. The number of H-pyrrole nitrogens is 1. The molecular weight excluding hydrogens is 280 g/mol. The molecule has 22 heavy (non-hydrogen) atoms. The van der Waals surface area contributed by atoms with E-state index in [1.807, 2.05) is 16.0 Å². The molecule has 1 aromatic heterocycles. The van der Waals surface area contributed by atoms with Crippen molar-refractivity contribution in [2.75, 3.05) is 26.2 Å². The van der Waals surface area contributed by atoms with Crippen LogP contribution in [0.1, 0.15) is 50.3 Å². The minimum atomic E-state index is 0.211. The molecule has 2 saturated heterocycles. The normalized spacial score (nSPS) is 22.4. The molecule has 0 aromatic carbocycles. The fourth-order valence-corrected chi connectivity index (χ4v) is 3.45. The van der Waals surface area contributed by atoms with Crippen molar-refractivity contribution in [3.63, 3.8) is 0 Å². The Bertz CT molecular complexity index is 514. The zero-order chi connectivity index (χ0) is 15.4. The quantitative estimate of drug-likeness (QED) is 0.896. The van der Waals surface area contributed by atoms with E-state index in [2.05, 4.69) is 9.97 Å². The first-order chi connectivity index (χ1) is 10.7. The van der Waals surface area contributed by atoms with Gasteiger partial charge < -0.3 is 14.8 Å². The van der Waals surface area contributed by atoms with Gasteiger partial charge in [0.05, 0.1) is 0 Å². The maximum absolute atomic E-state index is 12.4. The summed E-state index contributed by atoms with van der Waals surface area (Å²) in [5.41, 5.74) is 0. The fraction of sp³-hybridized carbons (Fsp3) is 0.688. The second kappa shape index (κ2) is 6.94. The molecule has 1 N–H and O–H groups in total. The Morgan fingerprint density at radius 2 is 2.27 bits per heavy atom. The number of piperidine rings is 1. The van der Waals surface area contributed by atoms with Crippen molar-refractivity contribution in [2.24, 2.45) is 0 Å². The van der Waals surface area contributed by atoms with E-state index in [0.29, 0.717) is 18.8 Å². The number of nitrogens with zero attached hydrogens (tertiary/aromatic N) is 3. The van der Waals surface area contributed by atoms with E-state index in [4.69, 9.17) is 0 Å². The number of rotatable bonds is 5. The number of aromatic amines is 1. The van der Waals surface area contributed by atoms with Crippen molar-refractivity contribution in [3.05, 3.63) is 18.2 Å². The van der Waals surface area contributed by atoms with Crippen molar-refractivity contribution < 1.29 is 9.59 Å². The third-order valence-corrected chi connectivity index (χ3v) is 4.67. The maximum Gasteiger partial charge on any atom is 0.222 e. The Balaban J connectivity index is 1.44. The summed E-state index contributed by atoms with van der Waals surface area (Å²) in [6.07, 6.45) is 8.66. The molecule has 2 amide bonds. The van der Waals surface area contributed by atoms with Crippen LogP contribution in [0.5, 0.6) is 0 Å². The van der Waals surface area contributed by atoms with Gasteiger partial charge in [-0.25, -0.2) is 4.98 Å². The van der Waals surface area contributed by atoms with Crippen molar-refractivity contribution in [3.8, 4) is 0 Å². The molecule has 3 heterocycles. The lowest BCUT2D eigenvalue weighted by atomic mass is 9.97. The van der Waals surface area contributed by atoms with Gasteiger partial charge in [0.1, 0.15) is 5.82 Å². The highest BCUT2D eigenvalue weighted by molar-refractivity contribution is 5.78. The molecule has 3 rings (SSSR count). The van der Waals surface area contributed by atoms with E-state index in [1.165, 1.54) is 0 Å². The Kier molecular flexibility index (Phi) is 4.75. The molecule has 6 heteroatoms. The predicted octanol–water partition coefficient (Wildman–Crippen LogP) is 1.52. The Morgan fingerprint density at radius 1 is 1.36 bits per heavy atom. The Morgan fingerprint density at radius 3 is 3.00 bits per heavy atom. The van der Waals surface area contributed by atoms with E-state index in [-0.39, 0.29) is 11.8 Å². The maximum atomic E-state index is 12.4. The van der Waals surface area contributed by atoms with Crippen LogP contribution < -0.4 is 0 Å². The van der Waals surface area contributed by atoms with Crippen LogP contribution in [-0.2, 0) is 9.59 Å². The fourth-order valence-electron chi connectivity index (χ4n) is 3.45. The van der Waals surface area contributed by atoms with E-state index in [9.17, 15) is 9.59 Å². The highest BCUT2D eigenvalue weighted by atomic mass is 16.2. The van der Waals surface area contributed by atoms with Gasteiger partial charge in [0, 0.05) is 57.3 Å². The van der Waals surface area contributed by atoms with Crippen LogP contribution in [-0.4, -0.2) is 57.8 Å². The summed E-state index contributed by atoms with van der Waals surface area (Å²) < 4.78 is 0. The standard InChI is InChI=1S/C16H24N4O2/c21-14-5-2-9-19(14)10-3-6-15(22)20-11-1-4-13(12-20)16-17-7-8-18-16/h7-8,13H,1-6,9-12H2,(H,17,18)/t13-/m0/s1. The van der Waals surface area contributed by atoms with Gasteiger partial charge in [-0.1, -0.05) is 0 Å². The largest absolute Gasteiger partial charge is 0.348 e. The van der Waals surface area contributed by atoms with Crippen LogP contribution in [0.25, 0.3) is 0 Å². The molecule has 2 aliphatic heterocycles. The molecular formula is C16H24N4O2. The number of nitrogens with one attached hydrogen (secondary N) is 1. The topological polar surface area (TPSA) is 69.3 Å². The summed E-state index contributed by atoms with van der Waals surface area (Å²) in [5.74, 6) is 1.76. The number of imidazole rings is 1. The summed E-state index contributed by atoms with van der Waals surface area (Å²) in [5, 5.41) is 0. The molecule has 6 nitrogen and oxygen atoms in total. The molecule has 1 aromatic rings. The average molecular weight is 304 g/mol. The summed E-state index contributed by atoms with van der Waals surface area (Å²) in [7, 11) is 0. The van der Waals surface area contributed by atoms with Crippen LogP contribution in [0.15, 0.2) is 12.4 Å². The van der Waals surface area contributed by atoms with Crippen LogP contribution in [0, 0.1) is 0 Å². The third kappa shape index (κ3) is 3.48. The molecule has 2 fully saturated rings. The molecule has 0 saturated carbocycles. The summed E-state index contributed by atoms with van der Waals surface area (Å²) in [6, 6.07) is 0. The van der Waals surface area contributed by atoms with Gasteiger partial charge in [0.15, 0.2) is 0 Å². The predicted molar refractivity (Wildman–Crippen MR) is 82.2 cm³/mol. The minimum absolute atomic E-state index is 0.211. The van der Waals surface area contributed by atoms with Crippen LogP contribution >= 0.6 is 0 Å². The molecule has 0 spiro atoms. The van der Waals surface area contributed by atoms with Crippen molar-refractivity contribution in [1.29, 1.82) is 0 Å². The number of amides is 2. The van der Waals surface area contributed by atoms with Gasteiger partial charge in [-0.2, -0.15) is 0 Å². The zero-order valence-corrected chi connectivity index (χ0v) is 13.0. The second-order valence-corrected chi connectivity index (χ2v) is 6.24. The van der Waals surface area contributed by atoms with E-state index >= 15 is 0 Å². The van der Waals surface area contributed by atoms with Crippen LogP contribution in [0.2, 0.25) is 0 Å². The highest BCUT2D eigenvalue weighted by Crippen LogP contribution is 2.24. The number of carbonyl (C=O) groups excluding carboxylic acids is 2. The first-order valence-electron chi connectivity index (χ1n) is 8.29. The number of likely N-dealkylation sites (tertiary alicyclic amines) is 2. The van der Waals surface area contributed by atoms with Crippen LogP contribution in [0.4, 0.5) is 0 Å². The van der Waals surface area contributed by atoms with E-state index in [0.717, 1.165) is 57.7 Å². The number of hydrogen-bond acceptors (Lipinski definition) is 3. The molecule has 0 aliphatic carbocycles. The van der Waals surface area contributed by atoms with Gasteiger partial charge in [-0.3, -0.25) is 9.59 Å². The molecule has 0 radical (unpaired) electrons. The van der Waals surface area contributed by atoms with Gasteiger partial charge in [0.25, 0.3) is 0 Å². The van der Waals surface area contributed by atoms with Gasteiger partial charge in [-0.05, 0) is 25.7 Å². The number of aromatic nitrogens is 2. The lowest BCUT2D eigenvalue weighted by Crippen LogP contribution is -2.39. The first kappa shape index (κ1) is 15.1. The highest BCUT2D eigenvalue weighted by Gasteiger charge is 2.26. The van der Waals surface area contributed by atoms with Crippen molar-refractivity contribution >= 4 is 11.8 Å². The molecule has 2 aliphatic rings. The van der Waals surface area contributed by atoms with E-state index in [1.54, 1.807) is 6.20 Å². The average Bonchev–Trinajstić information content (AvgIpc) is 3.20. The summed E-state index contributed by atoms with van der Waals surface area (Å²) in [4.78, 5) is 35.2. The number of hydrogen-bond donors (Lipinski definition) is 1. The smallest absolute Gasteiger partial charge is 0.222 e. The molecule has 0 bridgehead atoms. The monoisotopic (exact) mass is 304 g/mol. The lowest BCUT2D eigenvalue weighted by molar-refractivity contribution is -0.133. The molecule has 120 valence electrons. The lowest BCUT2D eigenvalue weighted by Gasteiger charge is -2.32.